The molecule has 0 saturated heterocycles. The molecule has 0 spiro atoms. The number of nitrogens with two attached hydrogens (primary N) is 2. The lowest BCUT2D eigenvalue weighted by atomic mass is 10.1. The van der Waals surface area contributed by atoms with Crippen LogP contribution in [0, 0.1) is 0 Å². The first-order valence-corrected chi connectivity index (χ1v) is 4.51. The third-order valence-electron chi connectivity index (χ3n) is 1.53. The highest BCUT2D eigenvalue weighted by Gasteiger charge is 2.14. The third-order valence-corrected chi connectivity index (χ3v) is 1.53. The second kappa shape index (κ2) is 7.97. The third kappa shape index (κ3) is 6.51. The molecule has 0 unspecified atom stereocenters. The Morgan fingerprint density at radius 3 is 2.69 bits per heavy atom. The van der Waals surface area contributed by atoms with Gasteiger partial charge in [0.15, 0.2) is 0 Å². The minimum atomic E-state index is -0.599. The first kappa shape index (κ1) is 12.3. The summed E-state index contributed by atoms with van der Waals surface area (Å²) in [5.74, 6) is -0.515. The van der Waals surface area contributed by atoms with Crippen LogP contribution < -0.4 is 11.5 Å². The second-order valence-corrected chi connectivity index (χ2v) is 2.70. The van der Waals surface area contributed by atoms with Crippen molar-refractivity contribution in [2.45, 2.75) is 32.2 Å². The Morgan fingerprint density at radius 2 is 2.15 bits per heavy atom. The highest BCUT2D eigenvalue weighted by atomic mass is 17.2. The molecule has 0 aromatic rings. The molecule has 13 heavy (non-hydrogen) atoms. The van der Waals surface area contributed by atoms with Crippen LogP contribution in [0.1, 0.15) is 26.2 Å². The molecule has 0 fully saturated rings. The van der Waals surface area contributed by atoms with Gasteiger partial charge < -0.3 is 11.5 Å². The fraction of sp³-hybridized carbons (Fsp3) is 0.875. The van der Waals surface area contributed by atoms with Crippen LogP contribution in [0.15, 0.2) is 0 Å². The largest absolute Gasteiger partial charge is 0.358 e. The zero-order chi connectivity index (χ0) is 10.1. The average Bonchev–Trinajstić information content (AvgIpc) is 2.14. The van der Waals surface area contributed by atoms with Gasteiger partial charge in [0.25, 0.3) is 0 Å². The number of hydrogen-bond donors (Lipinski definition) is 2. The first-order chi connectivity index (χ1) is 6.22. The van der Waals surface area contributed by atoms with E-state index in [9.17, 15) is 4.79 Å². The van der Waals surface area contributed by atoms with Gasteiger partial charge in [-0.05, 0) is 26.3 Å². The van der Waals surface area contributed by atoms with E-state index >= 15 is 0 Å². The summed E-state index contributed by atoms with van der Waals surface area (Å²) in [7, 11) is 0. The molecule has 0 aliphatic rings. The summed E-state index contributed by atoms with van der Waals surface area (Å²) in [6.45, 7) is 2.68. The highest BCUT2D eigenvalue weighted by molar-refractivity contribution is 5.74. The molecule has 0 heterocycles. The molecule has 78 valence electrons. The Morgan fingerprint density at radius 1 is 1.46 bits per heavy atom. The van der Waals surface area contributed by atoms with Crippen molar-refractivity contribution in [1.29, 1.82) is 0 Å². The van der Waals surface area contributed by atoms with Crippen LogP contribution in [0.2, 0.25) is 0 Å². The fourth-order valence-electron chi connectivity index (χ4n) is 0.805. The summed E-state index contributed by atoms with van der Waals surface area (Å²) in [6.07, 6.45) is 2.29. The van der Waals surface area contributed by atoms with Crippen molar-refractivity contribution in [3.05, 3.63) is 0 Å². The Hall–Kier alpha value is -0.650. The monoisotopic (exact) mass is 190 g/mol. The van der Waals surface area contributed by atoms with Crippen LogP contribution in [0.3, 0.4) is 0 Å². The van der Waals surface area contributed by atoms with Crippen molar-refractivity contribution < 1.29 is 14.6 Å². The summed E-state index contributed by atoms with van der Waals surface area (Å²) in [6, 6.07) is -0.599. The van der Waals surface area contributed by atoms with Crippen LogP contribution in [0.4, 0.5) is 0 Å². The number of rotatable bonds is 7. The average molecular weight is 190 g/mol. The van der Waals surface area contributed by atoms with E-state index in [-0.39, 0.29) is 0 Å². The van der Waals surface area contributed by atoms with E-state index in [1.54, 1.807) is 6.92 Å². The van der Waals surface area contributed by atoms with Gasteiger partial charge in [0.1, 0.15) is 6.04 Å². The van der Waals surface area contributed by atoms with Crippen molar-refractivity contribution in [3.8, 4) is 0 Å². The van der Waals surface area contributed by atoms with Gasteiger partial charge in [0.2, 0.25) is 0 Å². The zero-order valence-electron chi connectivity index (χ0n) is 7.99. The van der Waals surface area contributed by atoms with Crippen LogP contribution in [-0.2, 0) is 14.6 Å². The van der Waals surface area contributed by atoms with E-state index in [0.717, 1.165) is 12.8 Å². The molecular weight excluding hydrogens is 172 g/mol. The minimum absolute atomic E-state index is 0.335. The molecule has 0 radical (unpaired) electrons. The fourth-order valence-corrected chi connectivity index (χ4v) is 0.805. The van der Waals surface area contributed by atoms with Crippen molar-refractivity contribution in [2.75, 3.05) is 13.2 Å². The number of carbonyl (C=O) groups excluding carboxylic acids is 1. The standard InChI is InChI=1S/C8H18N2O3/c1-2-12-13-8(11)7(10)5-3-4-6-9/h7H,2-6,9-10H2,1H3/t7-/m0/s1. The molecule has 0 aliphatic carbocycles. The highest BCUT2D eigenvalue weighted by Crippen LogP contribution is 1.99. The van der Waals surface area contributed by atoms with Gasteiger partial charge in [-0.15, -0.1) is 0 Å². The first-order valence-electron chi connectivity index (χ1n) is 4.51. The predicted molar refractivity (Wildman–Crippen MR) is 48.6 cm³/mol. The molecule has 0 aliphatic heterocycles. The Labute approximate surface area is 78.3 Å². The maximum Gasteiger partial charge on any atom is 0.358 e. The molecule has 1 atom stereocenters. The molecule has 0 aromatic heterocycles. The van der Waals surface area contributed by atoms with Crippen molar-refractivity contribution in [3.63, 3.8) is 0 Å². The maximum absolute atomic E-state index is 11.0. The lowest BCUT2D eigenvalue weighted by Gasteiger charge is -2.08. The van der Waals surface area contributed by atoms with Crippen LogP contribution in [-0.4, -0.2) is 25.2 Å². The number of unbranched alkanes of at least 4 members (excludes halogenated alkanes) is 1. The van der Waals surface area contributed by atoms with Crippen molar-refractivity contribution in [1.82, 2.24) is 0 Å². The lowest BCUT2D eigenvalue weighted by Crippen LogP contribution is -2.32. The Bertz CT molecular complexity index is 141. The van der Waals surface area contributed by atoms with Gasteiger partial charge in [-0.25, -0.2) is 4.79 Å². The summed E-state index contributed by atoms with van der Waals surface area (Å²) in [5.41, 5.74) is 10.8. The molecule has 0 rings (SSSR count). The number of hydrogen-bond acceptors (Lipinski definition) is 5. The van der Waals surface area contributed by atoms with E-state index < -0.39 is 12.0 Å². The molecule has 0 amide bonds. The molecule has 5 heteroatoms. The van der Waals surface area contributed by atoms with Gasteiger partial charge in [0, 0.05) is 0 Å². The molecule has 0 saturated carbocycles. The molecule has 0 aromatic carbocycles. The van der Waals surface area contributed by atoms with Crippen LogP contribution >= 0.6 is 0 Å². The van der Waals surface area contributed by atoms with Gasteiger partial charge >= 0.3 is 5.97 Å². The van der Waals surface area contributed by atoms with Crippen LogP contribution in [0.5, 0.6) is 0 Å². The summed E-state index contributed by atoms with van der Waals surface area (Å²) < 4.78 is 0. The van der Waals surface area contributed by atoms with Crippen molar-refractivity contribution in [2.24, 2.45) is 11.5 Å². The van der Waals surface area contributed by atoms with E-state index in [4.69, 9.17) is 11.5 Å². The van der Waals surface area contributed by atoms with E-state index in [2.05, 4.69) is 9.78 Å². The van der Waals surface area contributed by atoms with E-state index in [0.29, 0.717) is 19.6 Å². The summed E-state index contributed by atoms with van der Waals surface area (Å²) >= 11 is 0. The molecule has 5 nitrogen and oxygen atoms in total. The van der Waals surface area contributed by atoms with Gasteiger partial charge in [-0.2, -0.15) is 4.89 Å². The topological polar surface area (TPSA) is 87.6 Å². The normalized spacial score (nSPS) is 12.5. The maximum atomic E-state index is 11.0. The number of carbonyl (C=O) groups is 1. The smallest absolute Gasteiger partial charge is 0.330 e. The van der Waals surface area contributed by atoms with Gasteiger partial charge in [-0.1, -0.05) is 6.42 Å². The lowest BCUT2D eigenvalue weighted by molar-refractivity contribution is -0.270. The summed E-state index contributed by atoms with van der Waals surface area (Å²) in [4.78, 5) is 19.8. The van der Waals surface area contributed by atoms with Crippen molar-refractivity contribution >= 4 is 5.97 Å². The van der Waals surface area contributed by atoms with Gasteiger partial charge in [0.05, 0.1) is 6.61 Å². The zero-order valence-corrected chi connectivity index (χ0v) is 7.99. The SMILES string of the molecule is CCOOC(=O)[C@@H](N)CCCCN. The van der Waals surface area contributed by atoms with Gasteiger partial charge in [-0.3, -0.25) is 4.89 Å². The molecule has 0 bridgehead atoms. The van der Waals surface area contributed by atoms with Crippen LogP contribution in [0.25, 0.3) is 0 Å². The second-order valence-electron chi connectivity index (χ2n) is 2.70. The van der Waals surface area contributed by atoms with E-state index in [1.165, 1.54) is 0 Å². The predicted octanol–water partition coefficient (Wildman–Crippen LogP) is -0.0626. The molecule has 4 N–H and O–H groups in total. The van der Waals surface area contributed by atoms with E-state index in [1.807, 2.05) is 0 Å². The molecular formula is C8H18N2O3. The Kier molecular flexibility index (Phi) is 7.57. The Balaban J connectivity index is 3.45. The summed E-state index contributed by atoms with van der Waals surface area (Å²) in [5, 5.41) is 0. The quantitative estimate of drug-likeness (QED) is 0.333. The minimum Gasteiger partial charge on any atom is -0.330 e.